The Morgan fingerprint density at radius 1 is 0.958 bits per heavy atom. The molecule has 0 aliphatic rings. The van der Waals surface area contributed by atoms with E-state index in [0.717, 1.165) is 5.56 Å². The minimum absolute atomic E-state index is 0. The number of rotatable bonds is 6. The lowest BCUT2D eigenvalue weighted by molar-refractivity contribution is -0.118. The lowest BCUT2D eigenvalue weighted by atomic mass is 10.0. The molecule has 24 heavy (non-hydrogen) atoms. The smallest absolute Gasteiger partial charge is 0.336 e. The van der Waals surface area contributed by atoms with Gasteiger partial charge in [0, 0.05) is 0 Å². The summed E-state index contributed by atoms with van der Waals surface area (Å²) in [5, 5.41) is 11.8. The minimum Gasteiger partial charge on any atom is -0.478 e. The normalized spacial score (nSPS) is 11.0. The number of carbonyl (C=O) groups excluding carboxylic acids is 2. The lowest BCUT2D eigenvalue weighted by Crippen LogP contribution is -2.41. The summed E-state index contributed by atoms with van der Waals surface area (Å²) in [5.74, 6) is -1.94. The molecular weight excluding hydrogens is 326 g/mol. The SMILES string of the molecule is CC(=O)[C@H](Cc1ccccc1)NC(=O)c1ccccc1C(=O)O.S. The number of carbonyl (C=O) groups is 3. The van der Waals surface area contributed by atoms with Gasteiger partial charge in [-0.15, -0.1) is 0 Å². The topological polar surface area (TPSA) is 83.5 Å². The lowest BCUT2D eigenvalue weighted by Gasteiger charge is -2.17. The van der Waals surface area contributed by atoms with E-state index in [4.69, 9.17) is 5.11 Å². The highest BCUT2D eigenvalue weighted by atomic mass is 32.1. The average Bonchev–Trinajstić information content (AvgIpc) is 2.55. The Bertz CT molecular complexity index is 731. The van der Waals surface area contributed by atoms with Crippen LogP contribution in [0.2, 0.25) is 0 Å². The predicted octanol–water partition coefficient (Wildman–Crippen LogP) is 2.43. The first-order valence-electron chi connectivity index (χ1n) is 7.16. The van der Waals surface area contributed by atoms with Gasteiger partial charge in [0.15, 0.2) is 5.78 Å². The second kappa shape index (κ2) is 8.88. The minimum atomic E-state index is -1.18. The third-order valence-corrected chi connectivity index (χ3v) is 3.48. The molecule has 126 valence electrons. The van der Waals surface area contributed by atoms with Crippen LogP contribution in [0.1, 0.15) is 33.2 Å². The van der Waals surface area contributed by atoms with E-state index >= 15 is 0 Å². The van der Waals surface area contributed by atoms with Crippen molar-refractivity contribution in [1.29, 1.82) is 0 Å². The van der Waals surface area contributed by atoms with Crippen molar-refractivity contribution in [3.8, 4) is 0 Å². The quantitative estimate of drug-likeness (QED) is 0.842. The van der Waals surface area contributed by atoms with Crippen molar-refractivity contribution in [2.45, 2.75) is 19.4 Å². The van der Waals surface area contributed by atoms with Gasteiger partial charge in [0.1, 0.15) is 0 Å². The van der Waals surface area contributed by atoms with Gasteiger partial charge in [-0.05, 0) is 31.0 Å². The molecule has 0 aliphatic carbocycles. The molecule has 1 amide bonds. The van der Waals surface area contributed by atoms with Crippen molar-refractivity contribution in [2.75, 3.05) is 0 Å². The standard InChI is InChI=1S/C18H17NO4.H2S/c1-12(20)16(11-13-7-3-2-4-8-13)19-17(21)14-9-5-6-10-15(14)18(22)23;/h2-10,16H,11H2,1H3,(H,19,21)(H,22,23);1H2/t16-;/m0./s1. The molecule has 0 saturated heterocycles. The summed E-state index contributed by atoms with van der Waals surface area (Å²) in [6.07, 6.45) is 0.358. The largest absolute Gasteiger partial charge is 0.478 e. The van der Waals surface area contributed by atoms with Gasteiger partial charge in [0.25, 0.3) is 5.91 Å². The van der Waals surface area contributed by atoms with E-state index in [1.165, 1.54) is 19.1 Å². The van der Waals surface area contributed by atoms with E-state index in [9.17, 15) is 14.4 Å². The van der Waals surface area contributed by atoms with Crippen molar-refractivity contribution in [3.05, 3.63) is 71.3 Å². The van der Waals surface area contributed by atoms with Crippen LogP contribution in [0.3, 0.4) is 0 Å². The van der Waals surface area contributed by atoms with Crippen LogP contribution in [0.15, 0.2) is 54.6 Å². The number of Topliss-reactive ketones (excluding diaryl/α,β-unsaturated/α-hetero) is 1. The summed E-state index contributed by atoms with van der Waals surface area (Å²) in [6, 6.07) is 14.5. The van der Waals surface area contributed by atoms with Crippen LogP contribution in [-0.4, -0.2) is 28.8 Å². The number of hydrogen-bond acceptors (Lipinski definition) is 3. The Balaban J connectivity index is 0.00000288. The summed E-state index contributed by atoms with van der Waals surface area (Å²) < 4.78 is 0. The Morgan fingerprint density at radius 2 is 1.50 bits per heavy atom. The first-order valence-corrected chi connectivity index (χ1v) is 7.16. The molecule has 0 unspecified atom stereocenters. The fourth-order valence-corrected chi connectivity index (χ4v) is 2.25. The number of aromatic carboxylic acids is 1. The molecule has 0 aliphatic heterocycles. The van der Waals surface area contributed by atoms with E-state index in [-0.39, 0.29) is 30.4 Å². The molecule has 6 heteroatoms. The molecule has 0 fully saturated rings. The van der Waals surface area contributed by atoms with Crippen LogP contribution in [0.5, 0.6) is 0 Å². The van der Waals surface area contributed by atoms with Crippen molar-refractivity contribution in [1.82, 2.24) is 5.32 Å². The third-order valence-electron chi connectivity index (χ3n) is 3.48. The zero-order valence-electron chi connectivity index (χ0n) is 13.2. The molecule has 0 heterocycles. The van der Waals surface area contributed by atoms with Crippen LogP contribution in [0.25, 0.3) is 0 Å². The van der Waals surface area contributed by atoms with E-state index in [1.54, 1.807) is 12.1 Å². The van der Waals surface area contributed by atoms with E-state index in [2.05, 4.69) is 5.32 Å². The Kier molecular flexibility index (Phi) is 7.20. The fourth-order valence-electron chi connectivity index (χ4n) is 2.25. The molecule has 0 spiro atoms. The van der Waals surface area contributed by atoms with Crippen molar-refractivity contribution < 1.29 is 19.5 Å². The zero-order chi connectivity index (χ0) is 16.8. The Morgan fingerprint density at radius 3 is 2.04 bits per heavy atom. The van der Waals surface area contributed by atoms with E-state index < -0.39 is 17.9 Å². The Labute approximate surface area is 147 Å². The third kappa shape index (κ3) is 4.96. The van der Waals surface area contributed by atoms with Crippen LogP contribution in [0, 0.1) is 0 Å². The summed E-state index contributed by atoms with van der Waals surface area (Å²) in [5.41, 5.74) is 0.867. The van der Waals surface area contributed by atoms with Gasteiger partial charge in [-0.1, -0.05) is 42.5 Å². The van der Waals surface area contributed by atoms with E-state index in [0.29, 0.717) is 6.42 Å². The number of ketones is 1. The van der Waals surface area contributed by atoms with Crippen LogP contribution in [0.4, 0.5) is 0 Å². The summed E-state index contributed by atoms with van der Waals surface area (Å²) in [7, 11) is 0. The number of carboxylic acid groups (broad SMARTS) is 1. The van der Waals surface area contributed by atoms with Gasteiger partial charge in [0.2, 0.25) is 0 Å². The first kappa shape index (κ1) is 19.4. The molecule has 1 atom stereocenters. The zero-order valence-corrected chi connectivity index (χ0v) is 14.2. The molecule has 2 aromatic rings. The molecule has 2 rings (SSSR count). The number of amides is 1. The number of benzene rings is 2. The molecule has 0 aromatic heterocycles. The van der Waals surface area contributed by atoms with Crippen molar-refractivity contribution >= 4 is 31.2 Å². The predicted molar refractivity (Wildman–Crippen MR) is 95.9 cm³/mol. The molecule has 0 bridgehead atoms. The second-order valence-corrected chi connectivity index (χ2v) is 5.18. The average molecular weight is 345 g/mol. The Hall–Kier alpha value is -2.60. The fraction of sp³-hybridized carbons (Fsp3) is 0.167. The van der Waals surface area contributed by atoms with E-state index in [1.807, 2.05) is 30.3 Å². The molecule has 0 radical (unpaired) electrons. The van der Waals surface area contributed by atoms with Gasteiger partial charge in [0.05, 0.1) is 17.2 Å². The molecule has 2 N–H and O–H groups in total. The first-order chi connectivity index (χ1) is 11.0. The molecule has 5 nitrogen and oxygen atoms in total. The maximum Gasteiger partial charge on any atom is 0.336 e. The second-order valence-electron chi connectivity index (χ2n) is 5.18. The summed E-state index contributed by atoms with van der Waals surface area (Å²) >= 11 is 0. The monoisotopic (exact) mass is 345 g/mol. The highest BCUT2D eigenvalue weighted by Gasteiger charge is 2.21. The van der Waals surface area contributed by atoms with Gasteiger partial charge in [-0.3, -0.25) is 9.59 Å². The molecule has 0 saturated carbocycles. The van der Waals surface area contributed by atoms with Gasteiger partial charge >= 0.3 is 5.97 Å². The molecule has 2 aromatic carbocycles. The highest BCUT2D eigenvalue weighted by molar-refractivity contribution is 7.59. The van der Waals surface area contributed by atoms with Crippen molar-refractivity contribution in [3.63, 3.8) is 0 Å². The van der Waals surface area contributed by atoms with Crippen LogP contribution in [-0.2, 0) is 11.2 Å². The van der Waals surface area contributed by atoms with Crippen molar-refractivity contribution in [2.24, 2.45) is 0 Å². The highest BCUT2D eigenvalue weighted by Crippen LogP contribution is 2.10. The van der Waals surface area contributed by atoms with Crippen LogP contribution >= 0.6 is 13.5 Å². The number of carboxylic acids is 1. The number of hydrogen-bond donors (Lipinski definition) is 2. The van der Waals surface area contributed by atoms with Gasteiger partial charge in [-0.2, -0.15) is 13.5 Å². The number of nitrogens with one attached hydrogen (secondary N) is 1. The molecular formula is C18H19NO4S. The summed E-state index contributed by atoms with van der Waals surface area (Å²) in [4.78, 5) is 35.3. The maximum absolute atomic E-state index is 12.3. The van der Waals surface area contributed by atoms with Gasteiger partial charge < -0.3 is 10.4 Å². The van der Waals surface area contributed by atoms with Crippen LogP contribution < -0.4 is 5.32 Å². The van der Waals surface area contributed by atoms with Gasteiger partial charge in [-0.25, -0.2) is 4.79 Å². The summed E-state index contributed by atoms with van der Waals surface area (Å²) in [6.45, 7) is 1.40. The maximum atomic E-state index is 12.3.